The smallest absolute Gasteiger partial charge is 0.224 e. The summed E-state index contributed by atoms with van der Waals surface area (Å²) < 4.78 is 45.6. The predicted octanol–water partition coefficient (Wildman–Crippen LogP) is 0.143. The highest BCUT2D eigenvalue weighted by Gasteiger charge is 2.15. The zero-order valence-corrected chi connectivity index (χ0v) is 24.8. The molecule has 1 aromatic heterocycles. The highest BCUT2D eigenvalue weighted by atomic mass is 16.6. The molecule has 0 unspecified atom stereocenters. The van der Waals surface area contributed by atoms with Crippen molar-refractivity contribution in [2.24, 2.45) is 0 Å². The van der Waals surface area contributed by atoms with Crippen LogP contribution < -0.4 is 5.32 Å². The molecule has 2 heterocycles. The lowest BCUT2D eigenvalue weighted by atomic mass is 10.3. The monoisotopic (exact) mass is 589 g/mol. The highest BCUT2D eigenvalue weighted by molar-refractivity contribution is 5.76. The Labute approximate surface area is 244 Å². The molecule has 1 amide bonds. The topological polar surface area (TPSA) is 137 Å². The second kappa shape index (κ2) is 25.9. The van der Waals surface area contributed by atoms with Gasteiger partial charge in [-0.15, -0.1) is 5.10 Å². The van der Waals surface area contributed by atoms with Crippen LogP contribution in [0.3, 0.4) is 0 Å². The average molecular weight is 590 g/mol. The van der Waals surface area contributed by atoms with Crippen molar-refractivity contribution in [3.8, 4) is 0 Å². The molecule has 1 aliphatic heterocycles. The van der Waals surface area contributed by atoms with Crippen molar-refractivity contribution in [1.29, 1.82) is 0 Å². The van der Waals surface area contributed by atoms with Crippen LogP contribution in [0.1, 0.15) is 25.5 Å². The Bertz CT molecular complexity index is 738. The minimum atomic E-state index is 0.150. The average Bonchev–Trinajstić information content (AvgIpc) is 3.45. The number of nitrogens with zero attached hydrogens (tertiary/aromatic N) is 4. The molecule has 14 nitrogen and oxygen atoms in total. The van der Waals surface area contributed by atoms with Crippen LogP contribution in [0.15, 0.2) is 6.20 Å². The Balaban J connectivity index is 1.28. The summed E-state index contributed by atoms with van der Waals surface area (Å²) in [6.45, 7) is 14.2. The molecule has 1 aliphatic rings. The number of rotatable bonds is 28. The van der Waals surface area contributed by atoms with E-state index in [9.17, 15) is 4.79 Å². The molecule has 2 rings (SSSR count). The fourth-order valence-corrected chi connectivity index (χ4v) is 3.65. The summed E-state index contributed by atoms with van der Waals surface area (Å²) in [4.78, 5) is 13.9. The molecule has 0 saturated carbocycles. The van der Waals surface area contributed by atoms with Crippen LogP contribution in [0.5, 0.6) is 0 Å². The van der Waals surface area contributed by atoms with E-state index < -0.39 is 0 Å². The summed E-state index contributed by atoms with van der Waals surface area (Å²) in [6, 6.07) is 0. The van der Waals surface area contributed by atoms with E-state index in [2.05, 4.69) is 22.6 Å². The van der Waals surface area contributed by atoms with Gasteiger partial charge in [0.25, 0.3) is 0 Å². The lowest BCUT2D eigenvalue weighted by Crippen LogP contribution is -2.46. The van der Waals surface area contributed by atoms with Crippen molar-refractivity contribution < 1.29 is 42.7 Å². The molecule has 1 N–H and O–H groups in total. The largest absolute Gasteiger partial charge is 0.379 e. The zero-order valence-electron chi connectivity index (χ0n) is 24.8. The quantitative estimate of drug-likeness (QED) is 0.133. The highest BCUT2D eigenvalue weighted by Crippen LogP contribution is 1.98. The van der Waals surface area contributed by atoms with Crippen LogP contribution in [0.25, 0.3) is 0 Å². The van der Waals surface area contributed by atoms with Gasteiger partial charge in [0.05, 0.1) is 118 Å². The van der Waals surface area contributed by atoms with E-state index in [1.165, 1.54) is 0 Å². The van der Waals surface area contributed by atoms with E-state index >= 15 is 0 Å². The van der Waals surface area contributed by atoms with Crippen LogP contribution in [0.4, 0.5) is 0 Å². The summed E-state index contributed by atoms with van der Waals surface area (Å²) in [5, 5.41) is 11.4. The van der Waals surface area contributed by atoms with Gasteiger partial charge in [-0.2, -0.15) is 0 Å². The number of hydrogen-bond acceptors (Lipinski definition) is 12. The molecule has 14 heteroatoms. The Morgan fingerprint density at radius 3 is 1.76 bits per heavy atom. The second-order valence-electron chi connectivity index (χ2n) is 9.19. The maximum absolute atomic E-state index is 12.0. The van der Waals surface area contributed by atoms with Gasteiger partial charge in [0.15, 0.2) is 0 Å². The normalized spacial score (nSPS) is 13.7. The summed E-state index contributed by atoms with van der Waals surface area (Å²) in [6.07, 6.45) is 3.28. The van der Waals surface area contributed by atoms with Crippen molar-refractivity contribution in [2.45, 2.75) is 32.9 Å². The number of nitrogens with one attached hydrogen (secondary N) is 1. The summed E-state index contributed by atoms with van der Waals surface area (Å²) >= 11 is 0. The molecule has 1 fully saturated rings. The molecule has 41 heavy (non-hydrogen) atoms. The molecule has 1 saturated heterocycles. The Morgan fingerprint density at radius 2 is 1.20 bits per heavy atom. The van der Waals surface area contributed by atoms with Gasteiger partial charge in [-0.25, -0.2) is 4.68 Å². The van der Waals surface area contributed by atoms with Crippen LogP contribution in [-0.4, -0.2) is 151 Å². The van der Waals surface area contributed by atoms with E-state index in [1.807, 2.05) is 11.1 Å². The van der Waals surface area contributed by atoms with Crippen molar-refractivity contribution in [3.05, 3.63) is 11.9 Å². The minimum Gasteiger partial charge on any atom is -0.379 e. The first-order valence-corrected chi connectivity index (χ1v) is 14.8. The SMILES string of the molecule is CCCOCCOCCOCCOCCn1cc(COCCOCCOCCOCCC(=O)N2CCNCC2)nn1. The van der Waals surface area contributed by atoms with Gasteiger partial charge in [0.1, 0.15) is 5.69 Å². The number of amides is 1. The predicted molar refractivity (Wildman–Crippen MR) is 150 cm³/mol. The number of piperazine rings is 1. The van der Waals surface area contributed by atoms with Gasteiger partial charge >= 0.3 is 0 Å². The Morgan fingerprint density at radius 1 is 0.707 bits per heavy atom. The number of ether oxygens (including phenoxy) is 8. The molecule has 0 aromatic carbocycles. The van der Waals surface area contributed by atoms with E-state index in [1.54, 1.807) is 4.68 Å². The second-order valence-corrected chi connectivity index (χ2v) is 9.19. The van der Waals surface area contributed by atoms with Gasteiger partial charge in [-0.3, -0.25) is 4.79 Å². The maximum Gasteiger partial charge on any atom is 0.224 e. The van der Waals surface area contributed by atoms with Gasteiger partial charge < -0.3 is 48.1 Å². The fraction of sp³-hybridized carbons (Fsp3) is 0.889. The van der Waals surface area contributed by atoms with E-state index in [-0.39, 0.29) is 5.91 Å². The molecule has 0 radical (unpaired) electrons. The summed E-state index contributed by atoms with van der Waals surface area (Å²) in [5.41, 5.74) is 0.756. The van der Waals surface area contributed by atoms with Gasteiger partial charge in [0.2, 0.25) is 5.91 Å². The van der Waals surface area contributed by atoms with E-state index in [0.29, 0.717) is 112 Å². The third-order valence-electron chi connectivity index (χ3n) is 5.81. The minimum absolute atomic E-state index is 0.150. The van der Waals surface area contributed by atoms with Crippen LogP contribution in [0.2, 0.25) is 0 Å². The third-order valence-corrected chi connectivity index (χ3v) is 5.81. The first kappa shape index (κ1) is 35.4. The molecule has 0 aliphatic carbocycles. The number of carbonyl (C=O) groups excluding carboxylic acids is 1. The molecular formula is C27H51N5O9. The molecule has 0 bridgehead atoms. The van der Waals surface area contributed by atoms with Crippen molar-refractivity contribution in [2.75, 3.05) is 125 Å². The van der Waals surface area contributed by atoms with Gasteiger partial charge in [0, 0.05) is 32.8 Å². The number of aromatic nitrogens is 3. The molecule has 0 atom stereocenters. The van der Waals surface area contributed by atoms with Gasteiger partial charge in [-0.1, -0.05) is 12.1 Å². The zero-order chi connectivity index (χ0) is 29.1. The first-order chi connectivity index (χ1) is 20.3. The maximum atomic E-state index is 12.0. The van der Waals surface area contributed by atoms with Gasteiger partial charge in [-0.05, 0) is 6.42 Å². The van der Waals surface area contributed by atoms with Crippen LogP contribution in [-0.2, 0) is 55.8 Å². The van der Waals surface area contributed by atoms with E-state index in [0.717, 1.165) is 44.9 Å². The number of hydrogen-bond donors (Lipinski definition) is 1. The molecule has 0 spiro atoms. The first-order valence-electron chi connectivity index (χ1n) is 14.8. The summed E-state index contributed by atoms with van der Waals surface area (Å²) in [5.74, 6) is 0.150. The third kappa shape index (κ3) is 19.9. The van der Waals surface area contributed by atoms with Crippen molar-refractivity contribution in [3.63, 3.8) is 0 Å². The van der Waals surface area contributed by atoms with Crippen LogP contribution in [0, 0.1) is 0 Å². The summed E-state index contributed by atoms with van der Waals surface area (Å²) in [7, 11) is 0. The standard InChI is InChI=1S/C27H51N5O9/c1-2-9-34-12-15-37-18-19-39-17-14-36-11-8-32-24-26(29-30-32)25-41-23-22-40-21-20-38-16-13-35-10-3-27(33)31-6-4-28-5-7-31/h24,28H,2-23,25H2,1H3. The number of carbonyl (C=O) groups is 1. The van der Waals surface area contributed by atoms with Crippen molar-refractivity contribution in [1.82, 2.24) is 25.2 Å². The van der Waals surface area contributed by atoms with Crippen LogP contribution >= 0.6 is 0 Å². The van der Waals surface area contributed by atoms with Crippen molar-refractivity contribution >= 4 is 5.91 Å². The molecular weight excluding hydrogens is 538 g/mol. The molecule has 1 aromatic rings. The lowest BCUT2D eigenvalue weighted by Gasteiger charge is -2.27. The molecule has 238 valence electrons. The Hall–Kier alpha value is -1.75. The fourth-order valence-electron chi connectivity index (χ4n) is 3.65. The lowest BCUT2D eigenvalue weighted by molar-refractivity contribution is -0.133. The Kier molecular flexibility index (Phi) is 22.4. The van der Waals surface area contributed by atoms with E-state index in [4.69, 9.17) is 37.9 Å².